The minimum absolute atomic E-state index is 0.590. The van der Waals surface area contributed by atoms with E-state index < -0.39 is 34.0 Å². The second-order valence-corrected chi connectivity index (χ2v) is 21.0. The molecule has 3 unspecified atom stereocenters. The zero-order chi connectivity index (χ0) is 17.7. The van der Waals surface area contributed by atoms with Crippen LogP contribution in [0.3, 0.4) is 0 Å². The highest BCUT2D eigenvalue weighted by molar-refractivity contribution is 6.94. The molecule has 9 heteroatoms. The van der Waals surface area contributed by atoms with Gasteiger partial charge in [0, 0.05) is 0 Å². The lowest BCUT2D eigenvalue weighted by atomic mass is 11.3. The van der Waals surface area contributed by atoms with Crippen LogP contribution in [0.25, 0.3) is 0 Å². The van der Waals surface area contributed by atoms with E-state index in [0.29, 0.717) is 10.5 Å². The Labute approximate surface area is 142 Å². The van der Waals surface area contributed by atoms with Gasteiger partial charge in [0.05, 0.1) is 0 Å². The van der Waals surface area contributed by atoms with Crippen molar-refractivity contribution < 1.29 is 16.5 Å². The predicted molar refractivity (Wildman–Crippen MR) is 107 cm³/mol. The van der Waals surface area contributed by atoms with Gasteiger partial charge in [-0.05, 0) is 32.7 Å². The second-order valence-electron chi connectivity index (χ2n) is 5.98. The highest BCUT2D eigenvalue weighted by atomic mass is 28.5. The summed E-state index contributed by atoms with van der Waals surface area (Å²) in [6.45, 7) is 25.5. The molecule has 0 bridgehead atoms. The Morgan fingerprint density at radius 3 is 1.32 bits per heavy atom. The Morgan fingerprint density at radius 1 is 0.636 bits per heavy atom. The molecule has 0 N–H and O–H groups in total. The third-order valence-corrected chi connectivity index (χ3v) is 19.9. The molecule has 0 aliphatic heterocycles. The van der Waals surface area contributed by atoms with Gasteiger partial charge in [-0.25, -0.2) is 0 Å². The van der Waals surface area contributed by atoms with Crippen LogP contribution in [0.2, 0.25) is 32.7 Å². The average molecular weight is 391 g/mol. The van der Waals surface area contributed by atoms with Crippen molar-refractivity contribution in [1.82, 2.24) is 0 Å². The first-order chi connectivity index (χ1) is 9.92. The standard InChI is InChI=1S/C13H30O4Si5/c1-10-19(5,6)15-21(8,12-3)17-22(9,13-4)16-20(7,11-2)14-18/h10-13H,1-4H2,5-9,18H3. The number of rotatable bonds is 11. The van der Waals surface area contributed by atoms with Crippen molar-refractivity contribution in [1.29, 1.82) is 0 Å². The third-order valence-electron chi connectivity index (χ3n) is 3.29. The Balaban J connectivity index is 5.39. The van der Waals surface area contributed by atoms with E-state index in [4.69, 9.17) is 16.5 Å². The van der Waals surface area contributed by atoms with Crippen LogP contribution in [-0.2, 0) is 16.5 Å². The number of hydrogen-bond acceptors (Lipinski definition) is 4. The van der Waals surface area contributed by atoms with Crippen LogP contribution in [0.4, 0.5) is 0 Å². The normalized spacial score (nSPS) is 20.2. The average Bonchev–Trinajstić information content (AvgIpc) is 2.46. The summed E-state index contributed by atoms with van der Waals surface area (Å²) >= 11 is 0. The molecule has 0 amide bonds. The maximum Gasteiger partial charge on any atom is 0.344 e. The molecule has 0 spiro atoms. The molecule has 4 nitrogen and oxygen atoms in total. The van der Waals surface area contributed by atoms with Crippen molar-refractivity contribution in [3.05, 3.63) is 49.1 Å². The Kier molecular flexibility index (Phi) is 8.08. The maximum atomic E-state index is 6.37. The molecule has 0 radical (unpaired) electrons. The van der Waals surface area contributed by atoms with Gasteiger partial charge in [-0.15, -0.1) is 26.3 Å². The van der Waals surface area contributed by atoms with E-state index in [2.05, 4.69) is 39.4 Å². The summed E-state index contributed by atoms with van der Waals surface area (Å²) in [5, 5.41) is 0. The molecule has 0 saturated heterocycles. The van der Waals surface area contributed by atoms with Crippen molar-refractivity contribution >= 4 is 44.5 Å². The first kappa shape index (κ1) is 21.9. The lowest BCUT2D eigenvalue weighted by Gasteiger charge is -2.40. The highest BCUT2D eigenvalue weighted by Gasteiger charge is 2.46. The van der Waals surface area contributed by atoms with Crippen LogP contribution in [0, 0.1) is 0 Å². The van der Waals surface area contributed by atoms with E-state index in [-0.39, 0.29) is 0 Å². The Morgan fingerprint density at radius 2 is 1.00 bits per heavy atom. The smallest absolute Gasteiger partial charge is 0.344 e. The lowest BCUT2D eigenvalue weighted by Crippen LogP contribution is -2.58. The minimum Gasteiger partial charge on any atom is -0.442 e. The Bertz CT molecular complexity index is 444. The molecule has 0 aromatic heterocycles. The molecule has 0 rings (SSSR count). The predicted octanol–water partition coefficient (Wildman–Crippen LogP) is 2.66. The summed E-state index contributed by atoms with van der Waals surface area (Å²) in [6, 6.07) is 0. The van der Waals surface area contributed by atoms with Gasteiger partial charge >= 0.3 is 25.7 Å². The topological polar surface area (TPSA) is 36.9 Å². The largest absolute Gasteiger partial charge is 0.442 e. The summed E-state index contributed by atoms with van der Waals surface area (Å²) in [4.78, 5) is 0. The Hall–Kier alpha value is -0.116. The molecule has 126 valence electrons. The molecular weight excluding hydrogens is 361 g/mol. The molecule has 0 aromatic carbocycles. The van der Waals surface area contributed by atoms with Crippen molar-refractivity contribution in [2.24, 2.45) is 0 Å². The summed E-state index contributed by atoms with van der Waals surface area (Å²) < 4.78 is 24.5. The van der Waals surface area contributed by atoms with E-state index in [0.717, 1.165) is 0 Å². The zero-order valence-corrected chi connectivity index (χ0v) is 20.8. The van der Waals surface area contributed by atoms with E-state index in [1.54, 1.807) is 17.1 Å². The lowest BCUT2D eigenvalue weighted by molar-refractivity contribution is 0.317. The van der Waals surface area contributed by atoms with E-state index >= 15 is 0 Å². The van der Waals surface area contributed by atoms with Crippen molar-refractivity contribution in [2.75, 3.05) is 0 Å². The van der Waals surface area contributed by atoms with Crippen LogP contribution < -0.4 is 0 Å². The molecule has 0 saturated carbocycles. The van der Waals surface area contributed by atoms with E-state index in [1.165, 1.54) is 0 Å². The van der Waals surface area contributed by atoms with Gasteiger partial charge in [-0.3, -0.25) is 0 Å². The molecule has 22 heavy (non-hydrogen) atoms. The van der Waals surface area contributed by atoms with Gasteiger partial charge in [0.1, 0.15) is 10.5 Å². The van der Waals surface area contributed by atoms with Gasteiger partial charge in [0.2, 0.25) is 0 Å². The van der Waals surface area contributed by atoms with Crippen LogP contribution >= 0.6 is 0 Å². The fourth-order valence-corrected chi connectivity index (χ4v) is 17.2. The molecule has 0 fully saturated rings. The van der Waals surface area contributed by atoms with Crippen LogP contribution in [0.1, 0.15) is 0 Å². The van der Waals surface area contributed by atoms with Crippen molar-refractivity contribution in [3.63, 3.8) is 0 Å². The van der Waals surface area contributed by atoms with Gasteiger partial charge in [0.15, 0.2) is 8.32 Å². The minimum atomic E-state index is -2.66. The fourth-order valence-electron chi connectivity index (χ4n) is 1.74. The second kappa shape index (κ2) is 8.12. The van der Waals surface area contributed by atoms with E-state index in [1.807, 2.05) is 25.3 Å². The van der Waals surface area contributed by atoms with Crippen LogP contribution in [0.5, 0.6) is 0 Å². The summed E-state index contributed by atoms with van der Waals surface area (Å²) in [7, 11) is -9.08. The van der Waals surface area contributed by atoms with Crippen molar-refractivity contribution in [2.45, 2.75) is 32.7 Å². The SMILES string of the molecule is C=C[Si](C)(C)O[Si](C)(C=C)O[Si](C)(C=C)O[Si](C)(C=C)O[SiH3]. The summed E-state index contributed by atoms with van der Waals surface area (Å²) in [5.41, 5.74) is 7.22. The quantitative estimate of drug-likeness (QED) is 0.508. The van der Waals surface area contributed by atoms with E-state index in [9.17, 15) is 0 Å². The van der Waals surface area contributed by atoms with Crippen LogP contribution in [-0.4, -0.2) is 44.5 Å². The molecule has 0 aliphatic rings. The summed E-state index contributed by atoms with van der Waals surface area (Å²) in [5.74, 6) is 0. The fraction of sp³-hybridized carbons (Fsp3) is 0.385. The van der Waals surface area contributed by atoms with Gasteiger partial charge < -0.3 is 16.5 Å². The maximum absolute atomic E-state index is 6.37. The third kappa shape index (κ3) is 6.56. The first-order valence-electron chi connectivity index (χ1n) is 7.12. The van der Waals surface area contributed by atoms with Crippen molar-refractivity contribution in [3.8, 4) is 0 Å². The zero-order valence-electron chi connectivity index (χ0n) is 14.8. The van der Waals surface area contributed by atoms with Crippen LogP contribution in [0.15, 0.2) is 49.1 Å². The molecule has 0 aromatic rings. The molecule has 3 atom stereocenters. The highest BCUT2D eigenvalue weighted by Crippen LogP contribution is 2.26. The number of hydrogen-bond donors (Lipinski definition) is 0. The van der Waals surface area contributed by atoms with Gasteiger partial charge in [0.25, 0.3) is 0 Å². The molecule has 0 aliphatic carbocycles. The summed E-state index contributed by atoms with van der Waals surface area (Å²) in [6.07, 6.45) is 0. The molecular formula is C13H30O4Si5. The van der Waals surface area contributed by atoms with Gasteiger partial charge in [-0.1, -0.05) is 22.8 Å². The monoisotopic (exact) mass is 390 g/mol. The molecule has 0 heterocycles. The first-order valence-corrected chi connectivity index (χ1v) is 18.1. The van der Waals surface area contributed by atoms with Gasteiger partial charge in [-0.2, -0.15) is 0 Å².